The van der Waals surface area contributed by atoms with Gasteiger partial charge in [-0.25, -0.2) is 4.39 Å². The largest absolute Gasteiger partial charge is 0.332 e. The van der Waals surface area contributed by atoms with E-state index in [1.165, 1.54) is 12.1 Å². The van der Waals surface area contributed by atoms with Crippen molar-refractivity contribution < 1.29 is 4.39 Å². The molecule has 0 bridgehead atoms. The molecule has 0 spiro atoms. The minimum atomic E-state index is -0.285. The van der Waals surface area contributed by atoms with Gasteiger partial charge in [-0.05, 0) is 73.9 Å². The lowest BCUT2D eigenvalue weighted by Gasteiger charge is -2.13. The molecule has 0 aliphatic rings. The number of rotatable bonds is 2. The Hall–Kier alpha value is -1.94. The van der Waals surface area contributed by atoms with E-state index in [4.69, 9.17) is 12.2 Å². The molecular formula is C16H17FN2S. The summed E-state index contributed by atoms with van der Waals surface area (Å²) in [5.74, 6) is -0.285. The van der Waals surface area contributed by atoms with Crippen LogP contribution in [-0.2, 0) is 0 Å². The van der Waals surface area contributed by atoms with E-state index >= 15 is 0 Å². The molecule has 0 atom stereocenters. The first-order valence-corrected chi connectivity index (χ1v) is 6.77. The zero-order valence-corrected chi connectivity index (χ0v) is 12.6. The summed E-state index contributed by atoms with van der Waals surface area (Å²) in [4.78, 5) is 0. The van der Waals surface area contributed by atoms with Crippen LogP contribution in [0.4, 0.5) is 15.8 Å². The van der Waals surface area contributed by atoms with Gasteiger partial charge >= 0.3 is 0 Å². The third-order valence-electron chi connectivity index (χ3n) is 2.93. The standard InChI is InChI=1S/C16H17FN2S/c1-10-6-11(2)8-14(7-10)18-16(20)19-15-9-13(17)5-4-12(15)3/h4-9H,1-3H3,(H2,18,19,20). The molecule has 0 amide bonds. The maximum atomic E-state index is 13.2. The Labute approximate surface area is 124 Å². The molecule has 2 nitrogen and oxygen atoms in total. The highest BCUT2D eigenvalue weighted by atomic mass is 32.1. The third-order valence-corrected chi connectivity index (χ3v) is 3.13. The van der Waals surface area contributed by atoms with E-state index in [1.54, 1.807) is 6.07 Å². The molecule has 2 N–H and O–H groups in total. The maximum Gasteiger partial charge on any atom is 0.175 e. The van der Waals surface area contributed by atoms with Gasteiger partial charge in [0.1, 0.15) is 5.82 Å². The highest BCUT2D eigenvalue weighted by Gasteiger charge is 2.04. The van der Waals surface area contributed by atoms with Gasteiger partial charge in [-0.2, -0.15) is 0 Å². The lowest BCUT2D eigenvalue weighted by atomic mass is 10.1. The van der Waals surface area contributed by atoms with Gasteiger partial charge in [-0.3, -0.25) is 0 Å². The van der Waals surface area contributed by atoms with Crippen LogP contribution in [0, 0.1) is 26.6 Å². The molecule has 0 unspecified atom stereocenters. The second-order valence-electron chi connectivity index (χ2n) is 4.91. The molecule has 0 fully saturated rings. The molecule has 0 aliphatic heterocycles. The van der Waals surface area contributed by atoms with Crippen molar-refractivity contribution >= 4 is 28.7 Å². The fourth-order valence-electron chi connectivity index (χ4n) is 2.06. The highest BCUT2D eigenvalue weighted by Crippen LogP contribution is 2.18. The Morgan fingerprint density at radius 2 is 1.60 bits per heavy atom. The number of halogens is 1. The first-order valence-electron chi connectivity index (χ1n) is 6.36. The van der Waals surface area contributed by atoms with Crippen molar-refractivity contribution in [1.29, 1.82) is 0 Å². The molecule has 2 aromatic carbocycles. The average molecular weight is 288 g/mol. The predicted octanol–water partition coefficient (Wildman–Crippen LogP) is 4.56. The molecule has 4 heteroatoms. The van der Waals surface area contributed by atoms with Gasteiger partial charge in [0.25, 0.3) is 0 Å². The van der Waals surface area contributed by atoms with Gasteiger partial charge in [-0.1, -0.05) is 12.1 Å². The quantitative estimate of drug-likeness (QED) is 0.792. The van der Waals surface area contributed by atoms with Crippen molar-refractivity contribution in [3.63, 3.8) is 0 Å². The van der Waals surface area contributed by atoms with Crippen molar-refractivity contribution in [2.24, 2.45) is 0 Å². The lowest BCUT2D eigenvalue weighted by molar-refractivity contribution is 0.628. The second kappa shape index (κ2) is 6.01. The van der Waals surface area contributed by atoms with E-state index in [2.05, 4.69) is 16.7 Å². The van der Waals surface area contributed by atoms with Gasteiger partial charge in [-0.15, -0.1) is 0 Å². The SMILES string of the molecule is Cc1cc(C)cc(NC(=S)Nc2cc(F)ccc2C)c1. The number of hydrogen-bond acceptors (Lipinski definition) is 1. The predicted molar refractivity (Wildman–Crippen MR) is 86.9 cm³/mol. The molecule has 0 saturated carbocycles. The Kier molecular flexibility index (Phi) is 4.35. The molecule has 20 heavy (non-hydrogen) atoms. The highest BCUT2D eigenvalue weighted by molar-refractivity contribution is 7.80. The van der Waals surface area contributed by atoms with E-state index in [-0.39, 0.29) is 5.82 Å². The monoisotopic (exact) mass is 288 g/mol. The fourth-order valence-corrected chi connectivity index (χ4v) is 2.29. The minimum absolute atomic E-state index is 0.285. The van der Waals surface area contributed by atoms with Crippen LogP contribution in [0.1, 0.15) is 16.7 Å². The molecule has 0 heterocycles. The summed E-state index contributed by atoms with van der Waals surface area (Å²) in [5, 5.41) is 6.58. The van der Waals surface area contributed by atoms with Crippen LogP contribution in [0.2, 0.25) is 0 Å². The minimum Gasteiger partial charge on any atom is -0.332 e. The van der Waals surface area contributed by atoms with Crippen LogP contribution in [0.25, 0.3) is 0 Å². The molecule has 104 valence electrons. The summed E-state index contributed by atoms with van der Waals surface area (Å²) in [6, 6.07) is 10.7. The molecule has 2 aromatic rings. The van der Waals surface area contributed by atoms with Crippen LogP contribution in [0.5, 0.6) is 0 Å². The van der Waals surface area contributed by atoms with E-state index < -0.39 is 0 Å². The first kappa shape index (κ1) is 14.5. The van der Waals surface area contributed by atoms with Crippen LogP contribution in [0.3, 0.4) is 0 Å². The fraction of sp³-hybridized carbons (Fsp3) is 0.188. The van der Waals surface area contributed by atoms with Crippen LogP contribution in [0.15, 0.2) is 36.4 Å². The summed E-state index contributed by atoms with van der Waals surface area (Å²) in [6.45, 7) is 5.97. The molecule has 0 saturated heterocycles. The van der Waals surface area contributed by atoms with Crippen LogP contribution in [-0.4, -0.2) is 5.11 Å². The van der Waals surface area contributed by atoms with Crippen molar-refractivity contribution in [2.45, 2.75) is 20.8 Å². The lowest BCUT2D eigenvalue weighted by Crippen LogP contribution is -2.19. The number of anilines is 2. The summed E-state index contributed by atoms with van der Waals surface area (Å²) in [6.07, 6.45) is 0. The zero-order chi connectivity index (χ0) is 14.7. The van der Waals surface area contributed by atoms with Gasteiger partial charge in [0.15, 0.2) is 5.11 Å². The molecule has 0 aliphatic carbocycles. The number of thiocarbonyl (C=S) groups is 1. The smallest absolute Gasteiger partial charge is 0.175 e. The Morgan fingerprint density at radius 3 is 2.25 bits per heavy atom. The molecular weight excluding hydrogens is 271 g/mol. The Morgan fingerprint density at radius 1 is 0.950 bits per heavy atom. The van der Waals surface area contributed by atoms with Crippen molar-refractivity contribution in [3.05, 3.63) is 58.9 Å². The number of benzene rings is 2. The van der Waals surface area contributed by atoms with Gasteiger partial charge in [0.2, 0.25) is 0 Å². The number of hydrogen-bond donors (Lipinski definition) is 2. The maximum absolute atomic E-state index is 13.2. The molecule has 2 rings (SSSR count). The number of nitrogens with one attached hydrogen (secondary N) is 2. The van der Waals surface area contributed by atoms with Gasteiger partial charge in [0.05, 0.1) is 0 Å². The van der Waals surface area contributed by atoms with E-state index in [0.29, 0.717) is 10.8 Å². The van der Waals surface area contributed by atoms with E-state index in [0.717, 1.165) is 22.4 Å². The first-order chi connectivity index (χ1) is 9.44. The van der Waals surface area contributed by atoms with Gasteiger partial charge < -0.3 is 10.6 Å². The van der Waals surface area contributed by atoms with E-state index in [1.807, 2.05) is 32.9 Å². The van der Waals surface area contributed by atoms with Crippen molar-refractivity contribution in [1.82, 2.24) is 0 Å². The summed E-state index contributed by atoms with van der Waals surface area (Å²) >= 11 is 5.26. The average Bonchev–Trinajstić information content (AvgIpc) is 2.32. The summed E-state index contributed by atoms with van der Waals surface area (Å²) < 4.78 is 13.2. The van der Waals surface area contributed by atoms with Crippen molar-refractivity contribution in [3.8, 4) is 0 Å². The van der Waals surface area contributed by atoms with Gasteiger partial charge in [0, 0.05) is 11.4 Å². The van der Waals surface area contributed by atoms with E-state index in [9.17, 15) is 4.39 Å². The Bertz CT molecular complexity index is 633. The normalized spacial score (nSPS) is 10.2. The van der Waals surface area contributed by atoms with Crippen molar-refractivity contribution in [2.75, 3.05) is 10.6 Å². The molecule has 0 radical (unpaired) electrons. The third kappa shape index (κ3) is 3.78. The molecule has 0 aromatic heterocycles. The summed E-state index contributed by atoms with van der Waals surface area (Å²) in [7, 11) is 0. The second-order valence-corrected chi connectivity index (χ2v) is 5.32. The van der Waals surface area contributed by atoms with Crippen LogP contribution >= 0.6 is 12.2 Å². The van der Waals surface area contributed by atoms with Crippen LogP contribution < -0.4 is 10.6 Å². The number of aryl methyl sites for hydroxylation is 3. The topological polar surface area (TPSA) is 24.1 Å². The summed E-state index contributed by atoms with van der Waals surface area (Å²) in [5.41, 5.74) is 4.87. The Balaban J connectivity index is 2.11. The zero-order valence-electron chi connectivity index (χ0n) is 11.8.